The number of hydrogen-bond donors (Lipinski definition) is 0. The smallest absolute Gasteiger partial charge is 0.509 e. The molecule has 0 N–H and O–H groups in total. The van der Waals surface area contributed by atoms with Gasteiger partial charge in [-0.15, -0.1) is 46.6 Å². The van der Waals surface area contributed by atoms with E-state index < -0.39 is 5.41 Å². The fourth-order valence-corrected chi connectivity index (χ4v) is 8.83. The normalized spacial score (nSPS) is 12.6. The molecule has 288 valence electrons. The predicted molar refractivity (Wildman–Crippen MR) is 229 cm³/mol. The Morgan fingerprint density at radius 1 is 0.621 bits per heavy atom. The van der Waals surface area contributed by atoms with E-state index >= 15 is 0 Å². The Labute approximate surface area is 356 Å². The fraction of sp³-hybridized carbons (Fsp3) is 0.173. The van der Waals surface area contributed by atoms with Crippen LogP contribution in [-0.2, 0) is 26.5 Å². The van der Waals surface area contributed by atoms with Crippen molar-refractivity contribution < 1.29 is 25.8 Å². The number of aromatic nitrogens is 4. The summed E-state index contributed by atoms with van der Waals surface area (Å²) in [7, 11) is 0. The Hall–Kier alpha value is -5.90. The first-order chi connectivity index (χ1) is 27.7. The Morgan fingerprint density at radius 2 is 1.24 bits per heavy atom. The van der Waals surface area contributed by atoms with Crippen molar-refractivity contribution in [1.29, 1.82) is 0 Å². The van der Waals surface area contributed by atoms with Gasteiger partial charge in [-0.3, -0.25) is 4.98 Å². The van der Waals surface area contributed by atoms with E-state index in [0.717, 1.165) is 39.3 Å². The first-order valence-corrected chi connectivity index (χ1v) is 19.8. The zero-order chi connectivity index (χ0) is 39.3. The Kier molecular flexibility index (Phi) is 10.6. The predicted octanol–water partition coefficient (Wildman–Crippen LogP) is 12.6. The quantitative estimate of drug-likeness (QED) is 0.135. The molecule has 2 heterocycles. The van der Waals surface area contributed by atoms with Crippen molar-refractivity contribution in [2.45, 2.75) is 58.8 Å². The van der Waals surface area contributed by atoms with E-state index in [4.69, 9.17) is 20.0 Å². The molecule has 1 aliphatic rings. The minimum Gasteiger partial charge on any atom is -0.509 e. The molecule has 6 heteroatoms. The van der Waals surface area contributed by atoms with Crippen molar-refractivity contribution in [3.63, 3.8) is 0 Å². The number of fused-ring (bicyclic) bond motifs is 3. The van der Waals surface area contributed by atoms with Gasteiger partial charge in [0.1, 0.15) is 5.69 Å². The molecule has 0 saturated heterocycles. The first-order valence-electron chi connectivity index (χ1n) is 19.8. The summed E-state index contributed by atoms with van der Waals surface area (Å²) in [5, 5.41) is 9.48. The molecular formula is C52H44N4OPt. The Morgan fingerprint density at radius 3 is 1.88 bits per heavy atom. The average molecular weight is 936 g/mol. The number of nitrogens with zero attached hydrogens (tertiary/aromatic N) is 4. The summed E-state index contributed by atoms with van der Waals surface area (Å²) in [6, 6.07) is 54.0. The molecule has 1 aliphatic carbocycles. The van der Waals surface area contributed by atoms with Crippen LogP contribution in [0.25, 0.3) is 39.2 Å². The SMILES string of the molecule is Cc1cccc(C)c1-c1cc(Oc2[c-]c(C3(c4ccccn4)c4ccccc4-c4ccccc43)ccc2)[c-]c(-n2cc(-c3c(C(C)C)cccc3C(C)C)nn2)c1.[Pt+2]. The van der Waals surface area contributed by atoms with Gasteiger partial charge in [-0.25, -0.2) is 4.68 Å². The van der Waals surface area contributed by atoms with Crippen LogP contribution in [-0.4, -0.2) is 20.0 Å². The van der Waals surface area contributed by atoms with Crippen LogP contribution in [0.5, 0.6) is 11.5 Å². The standard InChI is InChI=1S/C52H44N4O.Pt/c1-33(2)42-22-15-23-43(34(3)4)51(42)48-32-56(55-54-48)39-28-37(50-35(5)16-13-17-36(50)6)29-41(31-39)57-40-19-14-18-38(30-40)52(49-26-11-12-27-53-49)46-24-9-7-20-44(46)45-21-8-10-25-47(45)52;/h7-29,32-34H,1-6H3;/q-2;+2. The van der Waals surface area contributed by atoms with Crippen LogP contribution in [0, 0.1) is 26.0 Å². The van der Waals surface area contributed by atoms with Crippen molar-refractivity contribution in [1.82, 2.24) is 20.0 Å². The third-order valence-electron chi connectivity index (χ3n) is 11.4. The van der Waals surface area contributed by atoms with Gasteiger partial charge in [0.25, 0.3) is 0 Å². The van der Waals surface area contributed by atoms with Gasteiger partial charge in [0.05, 0.1) is 17.3 Å². The van der Waals surface area contributed by atoms with Crippen molar-refractivity contribution in [3.05, 3.63) is 203 Å². The van der Waals surface area contributed by atoms with Gasteiger partial charge in [-0.2, -0.15) is 12.1 Å². The summed E-state index contributed by atoms with van der Waals surface area (Å²) in [6.45, 7) is 13.2. The average Bonchev–Trinajstić information content (AvgIpc) is 3.83. The van der Waals surface area contributed by atoms with Gasteiger partial charge in [0.2, 0.25) is 0 Å². The number of benzene rings is 6. The molecule has 0 radical (unpaired) electrons. The molecule has 5 nitrogen and oxygen atoms in total. The summed E-state index contributed by atoms with van der Waals surface area (Å²) in [5.41, 5.74) is 15.7. The van der Waals surface area contributed by atoms with Crippen molar-refractivity contribution in [2.24, 2.45) is 0 Å². The molecule has 2 aromatic heterocycles. The van der Waals surface area contributed by atoms with Crippen LogP contribution >= 0.6 is 0 Å². The third-order valence-corrected chi connectivity index (χ3v) is 11.4. The van der Waals surface area contributed by atoms with Crippen LogP contribution in [0.2, 0.25) is 0 Å². The topological polar surface area (TPSA) is 52.8 Å². The maximum absolute atomic E-state index is 6.84. The van der Waals surface area contributed by atoms with E-state index in [1.165, 1.54) is 44.5 Å². The molecular weight excluding hydrogens is 892 g/mol. The van der Waals surface area contributed by atoms with E-state index in [1.54, 1.807) is 0 Å². The summed E-state index contributed by atoms with van der Waals surface area (Å²) in [6.07, 6.45) is 3.90. The largest absolute Gasteiger partial charge is 2.00 e. The number of rotatable bonds is 9. The molecule has 0 bridgehead atoms. The zero-order valence-electron chi connectivity index (χ0n) is 33.5. The summed E-state index contributed by atoms with van der Waals surface area (Å²) < 4.78 is 8.66. The molecule has 8 aromatic rings. The van der Waals surface area contributed by atoms with Crippen LogP contribution < -0.4 is 4.74 Å². The Balaban J connectivity index is 0.00000469. The zero-order valence-corrected chi connectivity index (χ0v) is 35.8. The second-order valence-corrected chi connectivity index (χ2v) is 15.6. The molecule has 0 atom stereocenters. The number of pyridine rings is 1. The molecule has 0 spiro atoms. The summed E-state index contributed by atoms with van der Waals surface area (Å²) in [5.74, 6) is 1.80. The van der Waals surface area contributed by atoms with Crippen molar-refractivity contribution in [3.8, 4) is 50.7 Å². The van der Waals surface area contributed by atoms with Gasteiger partial charge in [0, 0.05) is 23.3 Å². The van der Waals surface area contributed by atoms with Crippen LogP contribution in [0.3, 0.4) is 0 Å². The summed E-state index contributed by atoms with van der Waals surface area (Å²) >= 11 is 0. The summed E-state index contributed by atoms with van der Waals surface area (Å²) in [4.78, 5) is 5.00. The van der Waals surface area contributed by atoms with Crippen molar-refractivity contribution in [2.75, 3.05) is 0 Å². The van der Waals surface area contributed by atoms with E-state index in [9.17, 15) is 0 Å². The molecule has 0 amide bonds. The van der Waals surface area contributed by atoms with Gasteiger partial charge in [0.15, 0.2) is 0 Å². The second kappa shape index (κ2) is 15.8. The minimum atomic E-state index is -0.693. The monoisotopic (exact) mass is 935 g/mol. The van der Waals surface area contributed by atoms with Gasteiger partial charge in [-0.05, 0) is 93.6 Å². The fourth-order valence-electron chi connectivity index (χ4n) is 8.83. The molecule has 0 aliphatic heterocycles. The van der Waals surface area contributed by atoms with Crippen molar-refractivity contribution >= 4 is 0 Å². The molecule has 58 heavy (non-hydrogen) atoms. The van der Waals surface area contributed by atoms with Gasteiger partial charge in [-0.1, -0.05) is 124 Å². The molecule has 9 rings (SSSR count). The van der Waals surface area contributed by atoms with E-state index in [-0.39, 0.29) is 21.1 Å². The van der Waals surface area contributed by atoms with Crippen LogP contribution in [0.4, 0.5) is 0 Å². The number of aryl methyl sites for hydroxylation is 2. The molecule has 0 fully saturated rings. The van der Waals surface area contributed by atoms with E-state index in [0.29, 0.717) is 23.3 Å². The van der Waals surface area contributed by atoms with E-state index in [2.05, 4.69) is 169 Å². The van der Waals surface area contributed by atoms with Crippen LogP contribution in [0.1, 0.15) is 84.2 Å². The van der Waals surface area contributed by atoms with Gasteiger partial charge < -0.3 is 4.74 Å². The van der Waals surface area contributed by atoms with E-state index in [1.807, 2.05) is 35.3 Å². The molecule has 0 unspecified atom stereocenters. The minimum absolute atomic E-state index is 0. The number of hydrogen-bond acceptors (Lipinski definition) is 4. The third kappa shape index (κ3) is 6.62. The van der Waals surface area contributed by atoms with Crippen LogP contribution in [0.15, 0.2) is 146 Å². The molecule has 6 aromatic carbocycles. The maximum Gasteiger partial charge on any atom is 2.00 e. The Bertz CT molecular complexity index is 2680. The second-order valence-electron chi connectivity index (χ2n) is 15.6. The molecule has 0 saturated carbocycles. The first kappa shape index (κ1) is 38.9. The van der Waals surface area contributed by atoms with Gasteiger partial charge >= 0.3 is 21.1 Å². The maximum atomic E-state index is 6.84. The number of ether oxygens (including phenoxy) is 1.